The van der Waals surface area contributed by atoms with Crippen LogP contribution in [-0.4, -0.2) is 24.6 Å². The van der Waals surface area contributed by atoms with E-state index in [1.54, 1.807) is 7.11 Å². The molecule has 1 fully saturated rings. The minimum absolute atomic E-state index is 0.603. The Hall–Kier alpha value is -1.53. The molecule has 1 aromatic carbocycles. The zero-order valence-corrected chi connectivity index (χ0v) is 10.4. The van der Waals surface area contributed by atoms with Crippen LogP contribution in [0.5, 0.6) is 5.75 Å². The van der Waals surface area contributed by atoms with Crippen LogP contribution in [0.3, 0.4) is 0 Å². The Morgan fingerprint density at radius 1 is 1.53 bits per heavy atom. The fourth-order valence-electron chi connectivity index (χ4n) is 2.39. The highest BCUT2D eigenvalue weighted by molar-refractivity contribution is 5.45. The molecule has 3 heteroatoms. The highest BCUT2D eigenvalue weighted by Gasteiger charge is 2.20. The van der Waals surface area contributed by atoms with Crippen molar-refractivity contribution in [2.45, 2.75) is 32.4 Å². The van der Waals surface area contributed by atoms with E-state index in [0.717, 1.165) is 6.54 Å². The van der Waals surface area contributed by atoms with E-state index in [1.807, 2.05) is 18.2 Å². The van der Waals surface area contributed by atoms with Gasteiger partial charge < -0.3 is 4.74 Å². The molecule has 2 rings (SSSR count). The van der Waals surface area contributed by atoms with Crippen LogP contribution in [0.25, 0.3) is 0 Å². The van der Waals surface area contributed by atoms with Crippen molar-refractivity contribution in [3.05, 3.63) is 29.3 Å². The number of nitrogens with zero attached hydrogens (tertiary/aromatic N) is 2. The SMILES string of the molecule is COc1cc(CN2CCCC2C)ccc1C#N. The first kappa shape index (κ1) is 11.9. The predicted octanol–water partition coefficient (Wildman–Crippen LogP) is 2.55. The fourth-order valence-corrected chi connectivity index (χ4v) is 2.39. The van der Waals surface area contributed by atoms with E-state index in [0.29, 0.717) is 17.4 Å². The number of hydrogen-bond donors (Lipinski definition) is 0. The molecule has 0 aromatic heterocycles. The van der Waals surface area contributed by atoms with E-state index < -0.39 is 0 Å². The smallest absolute Gasteiger partial charge is 0.136 e. The summed E-state index contributed by atoms with van der Waals surface area (Å²) in [6.07, 6.45) is 2.57. The van der Waals surface area contributed by atoms with Gasteiger partial charge in [0.1, 0.15) is 11.8 Å². The molecule has 1 atom stereocenters. The highest BCUT2D eigenvalue weighted by Crippen LogP contribution is 2.23. The lowest BCUT2D eigenvalue weighted by molar-refractivity contribution is 0.260. The molecule has 90 valence electrons. The maximum atomic E-state index is 8.93. The van der Waals surface area contributed by atoms with Gasteiger partial charge in [-0.25, -0.2) is 0 Å². The van der Waals surface area contributed by atoms with E-state index >= 15 is 0 Å². The summed E-state index contributed by atoms with van der Waals surface area (Å²) >= 11 is 0. The van der Waals surface area contributed by atoms with Crippen LogP contribution in [0.1, 0.15) is 30.9 Å². The summed E-state index contributed by atoms with van der Waals surface area (Å²) in [7, 11) is 1.61. The van der Waals surface area contributed by atoms with Gasteiger partial charge in [0, 0.05) is 12.6 Å². The molecule has 0 amide bonds. The Morgan fingerprint density at radius 3 is 2.94 bits per heavy atom. The summed E-state index contributed by atoms with van der Waals surface area (Å²) in [4.78, 5) is 2.47. The van der Waals surface area contributed by atoms with Crippen molar-refractivity contribution in [1.82, 2.24) is 4.90 Å². The predicted molar refractivity (Wildman–Crippen MR) is 66.8 cm³/mol. The molecule has 3 nitrogen and oxygen atoms in total. The summed E-state index contributed by atoms with van der Waals surface area (Å²) in [5.41, 5.74) is 1.82. The molecule has 17 heavy (non-hydrogen) atoms. The van der Waals surface area contributed by atoms with Gasteiger partial charge in [-0.3, -0.25) is 4.90 Å². The molecule has 1 aliphatic heterocycles. The van der Waals surface area contributed by atoms with Crippen molar-refractivity contribution in [1.29, 1.82) is 5.26 Å². The van der Waals surface area contributed by atoms with Gasteiger partial charge in [-0.1, -0.05) is 6.07 Å². The second-order valence-corrected chi connectivity index (χ2v) is 4.61. The van der Waals surface area contributed by atoms with Gasteiger partial charge in [0.25, 0.3) is 0 Å². The van der Waals surface area contributed by atoms with Crippen LogP contribution in [0.15, 0.2) is 18.2 Å². The normalized spacial score (nSPS) is 20.2. The largest absolute Gasteiger partial charge is 0.495 e. The van der Waals surface area contributed by atoms with E-state index in [1.165, 1.54) is 24.9 Å². The van der Waals surface area contributed by atoms with E-state index in [9.17, 15) is 0 Å². The van der Waals surface area contributed by atoms with Crippen molar-refractivity contribution in [3.63, 3.8) is 0 Å². The van der Waals surface area contributed by atoms with Gasteiger partial charge in [-0.15, -0.1) is 0 Å². The van der Waals surface area contributed by atoms with Crippen LogP contribution in [0.4, 0.5) is 0 Å². The van der Waals surface area contributed by atoms with Crippen molar-refractivity contribution >= 4 is 0 Å². The number of nitriles is 1. The molecule has 1 saturated heterocycles. The topological polar surface area (TPSA) is 36.3 Å². The monoisotopic (exact) mass is 230 g/mol. The number of hydrogen-bond acceptors (Lipinski definition) is 3. The lowest BCUT2D eigenvalue weighted by atomic mass is 10.1. The van der Waals surface area contributed by atoms with Gasteiger partial charge >= 0.3 is 0 Å². The lowest BCUT2D eigenvalue weighted by Crippen LogP contribution is -2.26. The fraction of sp³-hybridized carbons (Fsp3) is 0.500. The molecular formula is C14H18N2O. The number of likely N-dealkylation sites (tertiary alicyclic amines) is 1. The van der Waals surface area contributed by atoms with Gasteiger partial charge in [0.2, 0.25) is 0 Å². The molecule has 1 aromatic rings. The molecule has 1 unspecified atom stereocenters. The van der Waals surface area contributed by atoms with Crippen LogP contribution in [-0.2, 0) is 6.54 Å². The molecule has 0 aliphatic carbocycles. The summed E-state index contributed by atoms with van der Waals surface area (Å²) < 4.78 is 5.23. The van der Waals surface area contributed by atoms with Crippen molar-refractivity contribution in [2.75, 3.05) is 13.7 Å². The molecule has 0 spiro atoms. The van der Waals surface area contributed by atoms with Crippen LogP contribution < -0.4 is 4.74 Å². The van der Waals surface area contributed by atoms with Gasteiger partial charge in [-0.2, -0.15) is 5.26 Å². The molecule has 0 radical (unpaired) electrons. The quantitative estimate of drug-likeness (QED) is 0.800. The Labute approximate surface area is 103 Å². The van der Waals surface area contributed by atoms with Crippen LogP contribution >= 0.6 is 0 Å². The van der Waals surface area contributed by atoms with Crippen LogP contribution in [0, 0.1) is 11.3 Å². The van der Waals surface area contributed by atoms with Crippen LogP contribution in [0.2, 0.25) is 0 Å². The summed E-state index contributed by atoms with van der Waals surface area (Å²) in [6, 6.07) is 8.64. The average Bonchev–Trinajstić information content (AvgIpc) is 2.75. The third-order valence-electron chi connectivity index (χ3n) is 3.46. The Balaban J connectivity index is 2.14. The van der Waals surface area contributed by atoms with E-state index in [-0.39, 0.29) is 0 Å². The van der Waals surface area contributed by atoms with Crippen molar-refractivity contribution in [2.24, 2.45) is 0 Å². The maximum absolute atomic E-state index is 8.93. The first-order valence-corrected chi connectivity index (χ1v) is 6.05. The Bertz CT molecular complexity index is 436. The first-order valence-electron chi connectivity index (χ1n) is 6.05. The standard InChI is InChI=1S/C14H18N2O/c1-11-4-3-7-16(11)10-12-5-6-13(9-15)14(8-12)17-2/h5-6,8,11H,3-4,7,10H2,1-2H3. The van der Waals surface area contributed by atoms with E-state index in [2.05, 4.69) is 17.9 Å². The number of ether oxygens (including phenoxy) is 1. The zero-order valence-electron chi connectivity index (χ0n) is 10.4. The average molecular weight is 230 g/mol. The number of rotatable bonds is 3. The maximum Gasteiger partial charge on any atom is 0.136 e. The highest BCUT2D eigenvalue weighted by atomic mass is 16.5. The minimum atomic E-state index is 0.603. The van der Waals surface area contributed by atoms with Gasteiger partial charge in [0.05, 0.1) is 12.7 Å². The van der Waals surface area contributed by atoms with Crippen molar-refractivity contribution in [3.8, 4) is 11.8 Å². The number of methoxy groups -OCH3 is 1. The first-order chi connectivity index (χ1) is 8.24. The Kier molecular flexibility index (Phi) is 3.65. The molecule has 0 bridgehead atoms. The van der Waals surface area contributed by atoms with Crippen molar-refractivity contribution < 1.29 is 4.74 Å². The third kappa shape index (κ3) is 2.59. The molecule has 1 heterocycles. The molecular weight excluding hydrogens is 212 g/mol. The second-order valence-electron chi connectivity index (χ2n) is 4.61. The van der Waals surface area contributed by atoms with Gasteiger partial charge in [-0.05, 0) is 44.0 Å². The molecule has 0 saturated carbocycles. The second kappa shape index (κ2) is 5.20. The summed E-state index contributed by atoms with van der Waals surface area (Å²) in [6.45, 7) is 4.39. The minimum Gasteiger partial charge on any atom is -0.495 e. The lowest BCUT2D eigenvalue weighted by Gasteiger charge is -2.21. The van der Waals surface area contributed by atoms with E-state index in [4.69, 9.17) is 10.00 Å². The summed E-state index contributed by atoms with van der Waals surface area (Å²) in [5, 5.41) is 8.93. The Morgan fingerprint density at radius 2 is 2.35 bits per heavy atom. The summed E-state index contributed by atoms with van der Waals surface area (Å²) in [5.74, 6) is 0.678. The molecule has 1 aliphatic rings. The number of benzene rings is 1. The van der Waals surface area contributed by atoms with Gasteiger partial charge in [0.15, 0.2) is 0 Å². The zero-order chi connectivity index (χ0) is 12.3. The molecule has 0 N–H and O–H groups in total. The third-order valence-corrected chi connectivity index (χ3v) is 3.46.